The third-order valence-electron chi connectivity index (χ3n) is 4.45. The zero-order valence-corrected chi connectivity index (χ0v) is 15.1. The highest BCUT2D eigenvalue weighted by Crippen LogP contribution is 2.30. The second-order valence-electron chi connectivity index (χ2n) is 6.53. The maximum Gasteiger partial charge on any atom is 0.416 e. The predicted molar refractivity (Wildman–Crippen MR) is 104 cm³/mol. The monoisotopic (exact) mass is 395 g/mol. The normalized spacial score (nSPS) is 11.6. The molecule has 4 rings (SSSR count). The van der Waals surface area contributed by atoms with E-state index in [0.717, 1.165) is 17.7 Å². The van der Waals surface area contributed by atoms with Gasteiger partial charge in [-0.25, -0.2) is 4.98 Å². The van der Waals surface area contributed by atoms with Crippen molar-refractivity contribution in [2.75, 3.05) is 5.32 Å². The quantitative estimate of drug-likeness (QED) is 0.516. The van der Waals surface area contributed by atoms with Crippen molar-refractivity contribution >= 4 is 17.4 Å². The largest absolute Gasteiger partial charge is 0.416 e. The molecule has 0 aliphatic heterocycles. The summed E-state index contributed by atoms with van der Waals surface area (Å²) >= 11 is 0. The van der Waals surface area contributed by atoms with Crippen molar-refractivity contribution in [2.24, 2.45) is 0 Å². The Morgan fingerprint density at radius 1 is 0.966 bits per heavy atom. The number of carbonyl (C=O) groups excluding carboxylic acids is 1. The number of imidazole rings is 1. The average Bonchev–Trinajstić information content (AvgIpc) is 3.07. The zero-order chi connectivity index (χ0) is 20.4. The first kappa shape index (κ1) is 18.7. The molecule has 4 nitrogen and oxygen atoms in total. The second kappa shape index (κ2) is 7.43. The maximum absolute atomic E-state index is 12.9. The summed E-state index contributed by atoms with van der Waals surface area (Å²) in [6.45, 7) is 0. The maximum atomic E-state index is 12.9. The number of alkyl halides is 3. The highest BCUT2D eigenvalue weighted by atomic mass is 19.4. The topological polar surface area (TPSA) is 46.4 Å². The molecule has 2 aromatic carbocycles. The number of amides is 1. The first-order valence-corrected chi connectivity index (χ1v) is 8.90. The number of hydrogen-bond acceptors (Lipinski definition) is 2. The Balaban J connectivity index is 1.65. The van der Waals surface area contributed by atoms with Crippen LogP contribution in [0.4, 0.5) is 19.0 Å². The van der Waals surface area contributed by atoms with Gasteiger partial charge in [-0.05, 0) is 23.8 Å². The van der Waals surface area contributed by atoms with Crippen LogP contribution < -0.4 is 5.32 Å². The highest BCUT2D eigenvalue weighted by molar-refractivity contribution is 5.95. The molecule has 1 amide bonds. The van der Waals surface area contributed by atoms with E-state index in [1.807, 2.05) is 48.5 Å². The summed E-state index contributed by atoms with van der Waals surface area (Å²) in [6, 6.07) is 19.6. The van der Waals surface area contributed by atoms with Gasteiger partial charge in [-0.2, -0.15) is 13.2 Å². The van der Waals surface area contributed by atoms with Crippen molar-refractivity contribution in [3.05, 3.63) is 90.1 Å². The lowest BCUT2D eigenvalue weighted by atomic mass is 10.1. The number of pyridine rings is 1. The molecule has 0 aliphatic carbocycles. The van der Waals surface area contributed by atoms with E-state index in [2.05, 4.69) is 10.3 Å². The van der Waals surface area contributed by atoms with Crippen molar-refractivity contribution in [1.29, 1.82) is 0 Å². The van der Waals surface area contributed by atoms with Crippen LogP contribution in [0, 0.1) is 0 Å². The van der Waals surface area contributed by atoms with Crippen molar-refractivity contribution in [3.8, 4) is 11.3 Å². The lowest BCUT2D eigenvalue weighted by Crippen LogP contribution is -2.17. The van der Waals surface area contributed by atoms with Crippen LogP contribution in [0.25, 0.3) is 16.9 Å². The van der Waals surface area contributed by atoms with Gasteiger partial charge in [0.05, 0.1) is 12.0 Å². The molecule has 0 atom stereocenters. The summed E-state index contributed by atoms with van der Waals surface area (Å²) in [5, 5.41) is 2.82. The van der Waals surface area contributed by atoms with Gasteiger partial charge in [0, 0.05) is 11.8 Å². The van der Waals surface area contributed by atoms with E-state index in [1.54, 1.807) is 10.6 Å². The van der Waals surface area contributed by atoms with Crippen LogP contribution in [0.2, 0.25) is 0 Å². The molecule has 4 aromatic rings. The number of anilines is 1. The molecular formula is C22H16F3N3O. The fourth-order valence-corrected chi connectivity index (χ4v) is 3.13. The first-order valence-electron chi connectivity index (χ1n) is 8.90. The fraction of sp³-hybridized carbons (Fsp3) is 0.0909. The number of nitrogens with zero attached hydrogens (tertiary/aromatic N) is 2. The Hall–Kier alpha value is -3.61. The SMILES string of the molecule is O=C(Cc1cccc(C(F)(F)F)c1)Nc1c(-c2ccccc2)nc2ccccn12. The average molecular weight is 395 g/mol. The van der Waals surface area contributed by atoms with Gasteiger partial charge in [0.15, 0.2) is 0 Å². The Morgan fingerprint density at radius 3 is 2.48 bits per heavy atom. The molecule has 2 heterocycles. The Bertz CT molecular complexity index is 1170. The lowest BCUT2D eigenvalue weighted by molar-refractivity contribution is -0.137. The molecule has 1 N–H and O–H groups in total. The Kier molecular flexibility index (Phi) is 4.80. The molecule has 0 saturated heterocycles. The number of nitrogens with one attached hydrogen (secondary N) is 1. The summed E-state index contributed by atoms with van der Waals surface area (Å²) in [6.07, 6.45) is -2.86. The van der Waals surface area contributed by atoms with Gasteiger partial charge < -0.3 is 5.32 Å². The van der Waals surface area contributed by atoms with Crippen LogP contribution in [0.15, 0.2) is 79.0 Å². The number of carbonyl (C=O) groups is 1. The van der Waals surface area contributed by atoms with Crippen LogP contribution in [-0.4, -0.2) is 15.3 Å². The molecule has 146 valence electrons. The van der Waals surface area contributed by atoms with E-state index in [4.69, 9.17) is 0 Å². The molecule has 2 aromatic heterocycles. The molecule has 0 unspecified atom stereocenters. The second-order valence-corrected chi connectivity index (χ2v) is 6.53. The minimum Gasteiger partial charge on any atom is -0.310 e. The third kappa shape index (κ3) is 3.99. The van der Waals surface area contributed by atoms with Gasteiger partial charge in [0.2, 0.25) is 5.91 Å². The number of fused-ring (bicyclic) bond motifs is 1. The molecule has 0 radical (unpaired) electrons. The number of rotatable bonds is 4. The van der Waals surface area contributed by atoms with Crippen LogP contribution >= 0.6 is 0 Å². The first-order chi connectivity index (χ1) is 13.9. The Labute approximate surface area is 164 Å². The summed E-state index contributed by atoms with van der Waals surface area (Å²) in [7, 11) is 0. The smallest absolute Gasteiger partial charge is 0.310 e. The van der Waals surface area contributed by atoms with Crippen molar-refractivity contribution < 1.29 is 18.0 Å². The van der Waals surface area contributed by atoms with E-state index in [9.17, 15) is 18.0 Å². The lowest BCUT2D eigenvalue weighted by Gasteiger charge is -2.10. The van der Waals surface area contributed by atoms with Gasteiger partial charge in [-0.3, -0.25) is 9.20 Å². The summed E-state index contributed by atoms with van der Waals surface area (Å²) < 4.78 is 40.5. The highest BCUT2D eigenvalue weighted by Gasteiger charge is 2.30. The van der Waals surface area contributed by atoms with Gasteiger partial charge >= 0.3 is 6.18 Å². The summed E-state index contributed by atoms with van der Waals surface area (Å²) in [4.78, 5) is 17.2. The number of halogens is 3. The minimum atomic E-state index is -4.45. The zero-order valence-electron chi connectivity index (χ0n) is 15.1. The number of aromatic nitrogens is 2. The van der Waals surface area contributed by atoms with Gasteiger partial charge in [-0.15, -0.1) is 0 Å². The standard InChI is InChI=1S/C22H16F3N3O/c23-22(24,25)17-10-6-7-15(13-17)14-19(29)27-21-20(16-8-2-1-3-9-16)26-18-11-4-5-12-28(18)21/h1-13H,14H2,(H,27,29). The molecule has 29 heavy (non-hydrogen) atoms. The molecular weight excluding hydrogens is 379 g/mol. The third-order valence-corrected chi connectivity index (χ3v) is 4.45. The van der Waals surface area contributed by atoms with Crippen molar-refractivity contribution in [2.45, 2.75) is 12.6 Å². The molecule has 0 saturated carbocycles. The molecule has 0 aliphatic rings. The van der Waals surface area contributed by atoms with E-state index >= 15 is 0 Å². The van der Waals surface area contributed by atoms with Crippen LogP contribution in [0.1, 0.15) is 11.1 Å². The van der Waals surface area contributed by atoms with Crippen LogP contribution in [-0.2, 0) is 17.4 Å². The number of benzene rings is 2. The molecule has 0 spiro atoms. The van der Waals surface area contributed by atoms with Crippen LogP contribution in [0.5, 0.6) is 0 Å². The minimum absolute atomic E-state index is 0.182. The van der Waals surface area contributed by atoms with Gasteiger partial charge in [0.25, 0.3) is 0 Å². The summed E-state index contributed by atoms with van der Waals surface area (Å²) in [5.41, 5.74) is 1.58. The molecule has 0 fully saturated rings. The van der Waals surface area contributed by atoms with Crippen molar-refractivity contribution in [1.82, 2.24) is 9.38 Å². The van der Waals surface area contributed by atoms with E-state index in [-0.39, 0.29) is 12.0 Å². The number of hydrogen-bond donors (Lipinski definition) is 1. The molecule has 0 bridgehead atoms. The van der Waals surface area contributed by atoms with E-state index < -0.39 is 17.6 Å². The summed E-state index contributed by atoms with van der Waals surface area (Å²) in [5.74, 6) is 0.0518. The van der Waals surface area contributed by atoms with Gasteiger partial charge in [0.1, 0.15) is 17.2 Å². The molecule has 7 heteroatoms. The van der Waals surface area contributed by atoms with Crippen molar-refractivity contribution in [3.63, 3.8) is 0 Å². The Morgan fingerprint density at radius 2 is 1.72 bits per heavy atom. The predicted octanol–water partition coefficient (Wildman–Crippen LogP) is 5.20. The van der Waals surface area contributed by atoms with E-state index in [1.165, 1.54) is 12.1 Å². The van der Waals surface area contributed by atoms with Crippen LogP contribution in [0.3, 0.4) is 0 Å². The van der Waals surface area contributed by atoms with E-state index in [0.29, 0.717) is 17.2 Å². The van der Waals surface area contributed by atoms with Gasteiger partial charge in [-0.1, -0.05) is 54.6 Å². The fourth-order valence-electron chi connectivity index (χ4n) is 3.13.